The smallest absolute Gasteiger partial charge is 0.312 e. The van der Waals surface area contributed by atoms with Crippen LogP contribution in [0.1, 0.15) is 96.0 Å². The number of rotatable bonds is 4. The second-order valence-corrected chi connectivity index (χ2v) is 16.0. The lowest BCUT2D eigenvalue weighted by Crippen LogP contribution is -2.47. The van der Waals surface area contributed by atoms with Gasteiger partial charge in [0.1, 0.15) is 27.9 Å². The predicted molar refractivity (Wildman–Crippen MR) is 208 cm³/mol. The first-order valence-corrected chi connectivity index (χ1v) is 19.5. The standard InChI is InChI=1S/C42H56N4O9/c1-8-53-28-14-9-10-19-54-41(7)39(51)32-30-31(36(49)26(6)38(32)55-41)37(50)35(34-33(30)44-42(45-34)15-17-46(18-16-42)22-23(2)3)43-40(52)25(5)13-11-12-24(4)29(48)21-27(47)20-28/h10-13,19,23-24,27-29,44,47-50H,8-9,14-18,20-22H2,1-7H3/b12-11+,19-10+,25-13-,43-35?/t24-,27-,28+,29+,41?/m0/s1. The van der Waals surface area contributed by atoms with Crippen molar-refractivity contribution in [2.75, 3.05) is 31.6 Å². The van der Waals surface area contributed by atoms with Gasteiger partial charge in [-0.15, -0.1) is 0 Å². The molecule has 55 heavy (non-hydrogen) atoms. The van der Waals surface area contributed by atoms with Crippen molar-refractivity contribution in [2.45, 2.75) is 117 Å². The quantitative estimate of drug-likeness (QED) is 0.269. The van der Waals surface area contributed by atoms with E-state index in [1.165, 1.54) is 13.2 Å². The van der Waals surface area contributed by atoms with Crippen molar-refractivity contribution in [1.29, 1.82) is 0 Å². The molecule has 4 aliphatic rings. The van der Waals surface area contributed by atoms with E-state index in [9.17, 15) is 30.0 Å². The summed E-state index contributed by atoms with van der Waals surface area (Å²) in [5.74, 6) is -3.48. The first-order chi connectivity index (χ1) is 26.1. The van der Waals surface area contributed by atoms with Gasteiger partial charge in [-0.05, 0) is 58.4 Å². The molecule has 1 amide bonds. The maximum Gasteiger partial charge on any atom is 0.312 e. The first-order valence-electron chi connectivity index (χ1n) is 19.5. The van der Waals surface area contributed by atoms with Crippen LogP contribution in [-0.4, -0.2) is 93.0 Å². The van der Waals surface area contributed by atoms with Gasteiger partial charge in [-0.2, -0.15) is 0 Å². The molecule has 5 atom stereocenters. The van der Waals surface area contributed by atoms with Gasteiger partial charge >= 0.3 is 5.79 Å². The van der Waals surface area contributed by atoms with Crippen molar-refractivity contribution >= 4 is 28.2 Å². The number of hydrogen-bond donors (Lipinski definition) is 5. The topological polar surface area (TPSA) is 183 Å². The minimum absolute atomic E-state index is 0.0433. The molecule has 0 aromatic heterocycles. The van der Waals surface area contributed by atoms with Crippen molar-refractivity contribution in [2.24, 2.45) is 21.8 Å². The van der Waals surface area contributed by atoms with Crippen LogP contribution in [0, 0.1) is 18.8 Å². The first kappa shape index (κ1) is 40.4. The second-order valence-electron chi connectivity index (χ2n) is 16.0. The van der Waals surface area contributed by atoms with E-state index >= 15 is 0 Å². The molecule has 4 bridgehead atoms. The maximum atomic E-state index is 14.5. The van der Waals surface area contributed by atoms with Crippen LogP contribution >= 0.6 is 0 Å². The highest BCUT2D eigenvalue weighted by molar-refractivity contribution is 6.21. The number of Topliss-reactive ketones (excluding diaryl/α,β-unsaturated/α-hetero) is 1. The SMILES string of the molecule is CCO[C@@H]1CC/C=C/OC2(C)Oc3c(C)c(O)c4c(O)c(c5c(c4c3C2=O)NC2(CCN(CC(C)C)CC2)N=5)=NC(=O)/C(C)=C\C=C\[C@H](C)[C@H](O)C[C@@H](O)C1. The second kappa shape index (κ2) is 16.0. The summed E-state index contributed by atoms with van der Waals surface area (Å²) in [6.45, 7) is 15.7. The Balaban J connectivity index is 1.51. The summed E-state index contributed by atoms with van der Waals surface area (Å²) >= 11 is 0. The van der Waals surface area contributed by atoms with Crippen LogP contribution in [-0.2, 0) is 14.3 Å². The van der Waals surface area contributed by atoms with Gasteiger partial charge < -0.3 is 44.9 Å². The number of anilines is 1. The van der Waals surface area contributed by atoms with Gasteiger partial charge in [0.2, 0.25) is 0 Å². The fourth-order valence-corrected chi connectivity index (χ4v) is 8.04. The maximum absolute atomic E-state index is 14.5. The number of allylic oxidation sites excluding steroid dienone is 3. The Morgan fingerprint density at radius 2 is 1.80 bits per heavy atom. The van der Waals surface area contributed by atoms with E-state index in [2.05, 4.69) is 29.1 Å². The Hall–Kier alpha value is -4.30. The third-order valence-corrected chi connectivity index (χ3v) is 11.2. The number of piperidine rings is 1. The number of aliphatic hydroxyl groups is 2. The number of phenolic OH excluding ortho intramolecular Hbond substituents is 2. The van der Waals surface area contributed by atoms with Gasteiger partial charge in [-0.3, -0.25) is 14.6 Å². The van der Waals surface area contributed by atoms with E-state index < -0.39 is 41.1 Å². The molecule has 13 heteroatoms. The molecule has 0 saturated carbocycles. The molecule has 2 aromatic rings. The number of aromatic hydroxyl groups is 2. The molecule has 13 nitrogen and oxygen atoms in total. The van der Waals surface area contributed by atoms with Gasteiger partial charge in [0, 0.05) is 68.4 Å². The summed E-state index contributed by atoms with van der Waals surface area (Å²) < 4.78 is 18.1. The minimum atomic E-state index is -1.80. The Morgan fingerprint density at radius 1 is 1.07 bits per heavy atom. The van der Waals surface area contributed by atoms with Crippen LogP contribution in [0.4, 0.5) is 5.69 Å². The molecule has 1 unspecified atom stereocenters. The van der Waals surface area contributed by atoms with Crippen molar-refractivity contribution in [3.8, 4) is 17.2 Å². The van der Waals surface area contributed by atoms with E-state index in [0.29, 0.717) is 50.3 Å². The molecule has 1 fully saturated rings. The number of ether oxygens (including phenoxy) is 3. The number of aliphatic hydroxyl groups excluding tert-OH is 2. The molecule has 5 N–H and O–H groups in total. The van der Waals surface area contributed by atoms with E-state index in [-0.39, 0.29) is 68.1 Å². The number of benzene rings is 2. The summed E-state index contributed by atoms with van der Waals surface area (Å²) in [6, 6.07) is 0. The molecule has 6 rings (SSSR count). The Labute approximate surface area is 322 Å². The molecule has 4 aliphatic heterocycles. The number of fused-ring (bicyclic) bond motifs is 1. The number of hydrogen-bond acceptors (Lipinski definition) is 12. The molecule has 0 radical (unpaired) electrons. The molecule has 1 spiro atoms. The molecule has 2 aromatic carbocycles. The van der Waals surface area contributed by atoms with Crippen molar-refractivity contribution < 1.29 is 44.2 Å². The van der Waals surface area contributed by atoms with Crippen LogP contribution in [0.15, 0.2) is 46.1 Å². The summed E-state index contributed by atoms with van der Waals surface area (Å²) in [4.78, 5) is 40.1. The number of likely N-dealkylation sites (tertiary alicyclic amines) is 1. The molecule has 1 saturated heterocycles. The van der Waals surface area contributed by atoms with Crippen LogP contribution < -0.4 is 20.8 Å². The van der Waals surface area contributed by atoms with E-state index in [1.807, 2.05) is 13.8 Å². The highest BCUT2D eigenvalue weighted by Gasteiger charge is 2.50. The number of amides is 1. The number of carbonyl (C=O) groups is 2. The summed E-state index contributed by atoms with van der Waals surface area (Å²) in [6.07, 6.45) is 9.00. The van der Waals surface area contributed by atoms with Gasteiger partial charge in [-0.25, -0.2) is 4.99 Å². The lowest BCUT2D eigenvalue weighted by Gasteiger charge is -2.38. The fraction of sp³-hybridized carbons (Fsp3) is 0.571. The lowest BCUT2D eigenvalue weighted by atomic mass is 9.92. The zero-order chi connectivity index (χ0) is 39.8. The molecular weight excluding hydrogens is 704 g/mol. The summed E-state index contributed by atoms with van der Waals surface area (Å²) in [5.41, 5.74) is 0.168. The Morgan fingerprint density at radius 3 is 2.49 bits per heavy atom. The van der Waals surface area contributed by atoms with E-state index in [4.69, 9.17) is 19.2 Å². The monoisotopic (exact) mass is 760 g/mol. The molecule has 0 aliphatic carbocycles. The average molecular weight is 761 g/mol. The van der Waals surface area contributed by atoms with Gasteiger partial charge in [0.25, 0.3) is 11.7 Å². The normalized spacial score (nSPS) is 29.6. The predicted octanol–water partition coefficient (Wildman–Crippen LogP) is 4.86. The number of nitrogens with zero attached hydrogens (tertiary/aromatic N) is 3. The highest BCUT2D eigenvalue weighted by Crippen LogP contribution is 2.51. The molecule has 4 heterocycles. The molecular formula is C42H56N4O9. The third-order valence-electron chi connectivity index (χ3n) is 11.2. The Bertz CT molecular complexity index is 2050. The van der Waals surface area contributed by atoms with Crippen molar-refractivity contribution in [3.05, 3.63) is 58.0 Å². The average Bonchev–Trinajstić information content (AvgIpc) is 3.62. The van der Waals surface area contributed by atoms with Crippen LogP contribution in [0.2, 0.25) is 0 Å². The van der Waals surface area contributed by atoms with Crippen molar-refractivity contribution in [3.63, 3.8) is 0 Å². The zero-order valence-electron chi connectivity index (χ0n) is 33.0. The largest absolute Gasteiger partial charge is 0.507 e. The Kier molecular flexibility index (Phi) is 11.8. The van der Waals surface area contributed by atoms with Gasteiger partial charge in [0.05, 0.1) is 41.2 Å². The van der Waals surface area contributed by atoms with Crippen LogP contribution in [0.5, 0.6) is 17.2 Å². The van der Waals surface area contributed by atoms with Crippen LogP contribution in [0.25, 0.3) is 10.8 Å². The van der Waals surface area contributed by atoms with E-state index in [0.717, 1.165) is 19.6 Å². The number of ketones is 1. The molecule has 298 valence electrons. The number of phenols is 2. The van der Waals surface area contributed by atoms with Gasteiger partial charge in [0.15, 0.2) is 5.75 Å². The lowest BCUT2D eigenvalue weighted by molar-refractivity contribution is -0.114. The highest BCUT2D eigenvalue weighted by atomic mass is 16.7. The third kappa shape index (κ3) is 8.03. The van der Waals surface area contributed by atoms with Gasteiger partial charge in [-0.1, -0.05) is 39.0 Å². The summed E-state index contributed by atoms with van der Waals surface area (Å²) in [5, 5.41) is 49.3. The fourth-order valence-electron chi connectivity index (χ4n) is 8.04. The van der Waals surface area contributed by atoms with E-state index in [1.54, 1.807) is 38.2 Å². The summed E-state index contributed by atoms with van der Waals surface area (Å²) in [7, 11) is 0. The van der Waals surface area contributed by atoms with Crippen molar-refractivity contribution in [1.82, 2.24) is 4.90 Å². The zero-order valence-corrected chi connectivity index (χ0v) is 33.0. The minimum Gasteiger partial charge on any atom is -0.507 e. The number of nitrogens with one attached hydrogen (secondary N) is 1. The number of carbonyl (C=O) groups excluding carboxylic acids is 2. The van der Waals surface area contributed by atoms with Crippen LogP contribution in [0.3, 0.4) is 0 Å².